The number of nitrogens with one attached hydrogen (secondary N) is 1. The molecule has 8 heteroatoms. The van der Waals surface area contributed by atoms with E-state index < -0.39 is 17.8 Å². The van der Waals surface area contributed by atoms with Crippen LogP contribution in [0.2, 0.25) is 0 Å². The molecule has 2 aromatic rings. The van der Waals surface area contributed by atoms with Crippen molar-refractivity contribution in [1.29, 1.82) is 0 Å². The maximum atomic E-state index is 11.7. The number of carboxylic acid groups (broad SMARTS) is 1. The Morgan fingerprint density at radius 2 is 2.32 bits per heavy atom. The van der Waals surface area contributed by atoms with Gasteiger partial charge in [0.1, 0.15) is 10.9 Å². The number of furan rings is 1. The van der Waals surface area contributed by atoms with Gasteiger partial charge in [-0.2, -0.15) is 0 Å². The highest BCUT2D eigenvalue weighted by molar-refractivity contribution is 7.15. The van der Waals surface area contributed by atoms with Crippen molar-refractivity contribution in [3.63, 3.8) is 0 Å². The first kappa shape index (κ1) is 13.2. The number of anilines is 1. The van der Waals surface area contributed by atoms with Gasteiger partial charge < -0.3 is 9.52 Å². The molecule has 0 saturated carbocycles. The van der Waals surface area contributed by atoms with E-state index in [0.29, 0.717) is 11.4 Å². The lowest BCUT2D eigenvalue weighted by molar-refractivity contribution is -0.138. The molecule has 2 aromatic heterocycles. The summed E-state index contributed by atoms with van der Waals surface area (Å²) in [6.45, 7) is 1.75. The number of nitrogens with zero attached hydrogens (tertiary/aromatic N) is 2. The maximum Gasteiger partial charge on any atom is 0.313 e. The van der Waals surface area contributed by atoms with Crippen LogP contribution in [0.1, 0.15) is 34.8 Å². The Morgan fingerprint density at radius 1 is 1.53 bits per heavy atom. The van der Waals surface area contributed by atoms with E-state index in [1.165, 1.54) is 12.3 Å². The van der Waals surface area contributed by atoms with Gasteiger partial charge in [0.25, 0.3) is 5.91 Å². The van der Waals surface area contributed by atoms with E-state index >= 15 is 0 Å². The summed E-state index contributed by atoms with van der Waals surface area (Å²) in [6, 6.07) is 3.11. The van der Waals surface area contributed by atoms with Gasteiger partial charge in [-0.05, 0) is 18.6 Å². The SMILES string of the molecule is CCC(C(=O)O)c1nnc(NC(=O)c2ccco2)s1. The Hall–Kier alpha value is -2.22. The summed E-state index contributed by atoms with van der Waals surface area (Å²) < 4.78 is 4.93. The molecule has 0 fully saturated rings. The summed E-state index contributed by atoms with van der Waals surface area (Å²) in [5, 5.41) is 19.7. The van der Waals surface area contributed by atoms with E-state index in [-0.39, 0.29) is 10.9 Å². The van der Waals surface area contributed by atoms with Gasteiger partial charge in [-0.1, -0.05) is 18.3 Å². The molecule has 7 nitrogen and oxygen atoms in total. The first-order valence-corrected chi connectivity index (χ1v) is 6.34. The van der Waals surface area contributed by atoms with Crippen molar-refractivity contribution in [3.8, 4) is 0 Å². The van der Waals surface area contributed by atoms with Crippen molar-refractivity contribution in [2.24, 2.45) is 0 Å². The van der Waals surface area contributed by atoms with Crippen LogP contribution in [0.15, 0.2) is 22.8 Å². The quantitative estimate of drug-likeness (QED) is 0.867. The number of rotatable bonds is 5. The third-order valence-electron chi connectivity index (χ3n) is 2.41. The predicted octanol–water partition coefficient (Wildman–Crippen LogP) is 1.96. The van der Waals surface area contributed by atoms with Crippen LogP contribution in [0.4, 0.5) is 5.13 Å². The van der Waals surface area contributed by atoms with Crippen LogP contribution in [0.25, 0.3) is 0 Å². The minimum Gasteiger partial charge on any atom is -0.481 e. The Kier molecular flexibility index (Phi) is 3.91. The number of carbonyl (C=O) groups excluding carboxylic acids is 1. The molecule has 19 heavy (non-hydrogen) atoms. The Balaban J connectivity index is 2.09. The second-order valence-electron chi connectivity index (χ2n) is 3.68. The van der Waals surface area contributed by atoms with Crippen LogP contribution in [0.5, 0.6) is 0 Å². The van der Waals surface area contributed by atoms with Crippen LogP contribution in [-0.4, -0.2) is 27.2 Å². The Labute approximate surface area is 112 Å². The summed E-state index contributed by atoms with van der Waals surface area (Å²) in [4.78, 5) is 22.7. The van der Waals surface area contributed by atoms with Gasteiger partial charge >= 0.3 is 5.97 Å². The second-order valence-corrected chi connectivity index (χ2v) is 4.69. The average molecular weight is 281 g/mol. The molecule has 2 rings (SSSR count). The molecule has 2 N–H and O–H groups in total. The summed E-state index contributed by atoms with van der Waals surface area (Å²) in [5.74, 6) is -1.95. The summed E-state index contributed by atoms with van der Waals surface area (Å²) in [7, 11) is 0. The largest absolute Gasteiger partial charge is 0.481 e. The molecule has 0 spiro atoms. The molecular weight excluding hydrogens is 270 g/mol. The first-order valence-electron chi connectivity index (χ1n) is 5.53. The van der Waals surface area contributed by atoms with Gasteiger partial charge in [0.05, 0.1) is 6.26 Å². The van der Waals surface area contributed by atoms with E-state index in [1.807, 2.05) is 0 Å². The first-order chi connectivity index (χ1) is 9.11. The number of aromatic nitrogens is 2. The van der Waals surface area contributed by atoms with Crippen LogP contribution < -0.4 is 5.32 Å². The normalized spacial score (nSPS) is 12.1. The van der Waals surface area contributed by atoms with E-state index in [9.17, 15) is 9.59 Å². The molecule has 1 amide bonds. The lowest BCUT2D eigenvalue weighted by atomic mass is 10.1. The zero-order chi connectivity index (χ0) is 13.8. The molecule has 0 aliphatic heterocycles. The zero-order valence-corrected chi connectivity index (χ0v) is 10.8. The lowest BCUT2D eigenvalue weighted by Crippen LogP contribution is -2.10. The van der Waals surface area contributed by atoms with Gasteiger partial charge in [-0.25, -0.2) is 0 Å². The van der Waals surface area contributed by atoms with Crippen molar-refractivity contribution in [2.75, 3.05) is 5.32 Å². The molecule has 0 aromatic carbocycles. The number of carboxylic acids is 1. The number of carbonyl (C=O) groups is 2. The fourth-order valence-corrected chi connectivity index (χ4v) is 2.36. The standard InChI is InChI=1S/C11H11N3O4S/c1-2-6(10(16)17)9-13-14-11(19-9)12-8(15)7-4-3-5-18-7/h3-6H,2H2,1H3,(H,16,17)(H,12,14,15). The van der Waals surface area contributed by atoms with Crippen molar-refractivity contribution < 1.29 is 19.1 Å². The third-order valence-corrected chi connectivity index (χ3v) is 3.36. The number of aliphatic carboxylic acids is 1. The third kappa shape index (κ3) is 2.97. The number of hydrogen-bond donors (Lipinski definition) is 2. The molecule has 0 saturated heterocycles. The molecule has 2 heterocycles. The molecule has 100 valence electrons. The van der Waals surface area contributed by atoms with Crippen molar-refractivity contribution in [3.05, 3.63) is 29.2 Å². The second kappa shape index (κ2) is 5.61. The monoisotopic (exact) mass is 281 g/mol. The highest BCUT2D eigenvalue weighted by Crippen LogP contribution is 2.26. The lowest BCUT2D eigenvalue weighted by Gasteiger charge is -2.03. The summed E-state index contributed by atoms with van der Waals surface area (Å²) in [6.07, 6.45) is 1.80. The topological polar surface area (TPSA) is 105 Å². The molecule has 0 aliphatic rings. The average Bonchev–Trinajstić information content (AvgIpc) is 3.00. The molecule has 1 unspecified atom stereocenters. The highest BCUT2D eigenvalue weighted by Gasteiger charge is 2.23. The van der Waals surface area contributed by atoms with Crippen LogP contribution >= 0.6 is 11.3 Å². The Bertz CT molecular complexity index is 579. The molecule has 0 aliphatic carbocycles. The minimum absolute atomic E-state index is 0.155. The van der Waals surface area contributed by atoms with Crippen molar-refractivity contribution >= 4 is 28.3 Å². The number of amides is 1. The molecular formula is C11H11N3O4S. The maximum absolute atomic E-state index is 11.7. The molecule has 0 radical (unpaired) electrons. The van der Waals surface area contributed by atoms with Gasteiger partial charge in [0, 0.05) is 0 Å². The van der Waals surface area contributed by atoms with E-state index in [0.717, 1.165) is 11.3 Å². The smallest absolute Gasteiger partial charge is 0.313 e. The van der Waals surface area contributed by atoms with Crippen molar-refractivity contribution in [1.82, 2.24) is 10.2 Å². The Morgan fingerprint density at radius 3 is 2.89 bits per heavy atom. The highest BCUT2D eigenvalue weighted by atomic mass is 32.1. The molecule has 0 bridgehead atoms. The van der Waals surface area contributed by atoms with Crippen molar-refractivity contribution in [2.45, 2.75) is 19.3 Å². The van der Waals surface area contributed by atoms with Gasteiger partial charge in [0.2, 0.25) is 5.13 Å². The van der Waals surface area contributed by atoms with E-state index in [4.69, 9.17) is 9.52 Å². The van der Waals surface area contributed by atoms with Crippen LogP contribution in [0.3, 0.4) is 0 Å². The van der Waals surface area contributed by atoms with Gasteiger partial charge in [0.15, 0.2) is 5.76 Å². The zero-order valence-electron chi connectivity index (χ0n) is 9.99. The summed E-state index contributed by atoms with van der Waals surface area (Å²) in [5.41, 5.74) is 0. The van der Waals surface area contributed by atoms with Gasteiger partial charge in [-0.15, -0.1) is 10.2 Å². The van der Waals surface area contributed by atoms with Crippen LogP contribution in [0, 0.1) is 0 Å². The minimum atomic E-state index is -0.956. The number of hydrogen-bond acceptors (Lipinski definition) is 6. The van der Waals surface area contributed by atoms with Crippen LogP contribution in [-0.2, 0) is 4.79 Å². The predicted molar refractivity (Wildman–Crippen MR) is 67.2 cm³/mol. The summed E-state index contributed by atoms with van der Waals surface area (Å²) >= 11 is 1.04. The fourth-order valence-electron chi connectivity index (χ4n) is 1.45. The fraction of sp³-hybridized carbons (Fsp3) is 0.273. The molecule has 1 atom stereocenters. The van der Waals surface area contributed by atoms with Gasteiger partial charge in [-0.3, -0.25) is 14.9 Å². The van der Waals surface area contributed by atoms with E-state index in [2.05, 4.69) is 15.5 Å². The van der Waals surface area contributed by atoms with E-state index in [1.54, 1.807) is 13.0 Å².